The van der Waals surface area contributed by atoms with Gasteiger partial charge in [-0.2, -0.15) is 0 Å². The number of hydrogen-bond acceptors (Lipinski definition) is 5. The fourth-order valence-electron chi connectivity index (χ4n) is 1.06. The van der Waals surface area contributed by atoms with Crippen molar-refractivity contribution in [1.82, 2.24) is 16.0 Å². The summed E-state index contributed by atoms with van der Waals surface area (Å²) < 4.78 is 5.17. The van der Waals surface area contributed by atoms with Crippen LogP contribution >= 0.6 is 0 Å². The Labute approximate surface area is 111 Å². The number of amides is 2. The maximum Gasteiger partial charge on any atom is 0.322 e. The van der Waals surface area contributed by atoms with Crippen LogP contribution in [0.25, 0.3) is 0 Å². The first-order chi connectivity index (χ1) is 8.82. The van der Waals surface area contributed by atoms with Crippen LogP contribution in [0.3, 0.4) is 0 Å². The predicted molar refractivity (Wildman–Crippen MR) is 67.3 cm³/mol. The highest BCUT2D eigenvalue weighted by Crippen LogP contribution is 1.84. The topological polar surface area (TPSA) is 117 Å². The first-order valence-corrected chi connectivity index (χ1v) is 5.94. The molecule has 4 N–H and O–H groups in total. The van der Waals surface area contributed by atoms with Crippen molar-refractivity contribution in [2.45, 2.75) is 32.9 Å². The molecule has 0 rings (SSSR count). The van der Waals surface area contributed by atoms with Gasteiger partial charge in [0.25, 0.3) is 0 Å². The largest absolute Gasteiger partial charge is 0.480 e. The minimum absolute atomic E-state index is 0.0171. The second-order valence-electron chi connectivity index (χ2n) is 4.19. The Morgan fingerprint density at radius 1 is 1.16 bits per heavy atom. The van der Waals surface area contributed by atoms with Crippen LogP contribution in [0.5, 0.6) is 0 Å². The molecule has 0 radical (unpaired) electrons. The van der Waals surface area contributed by atoms with Crippen molar-refractivity contribution in [2.75, 3.05) is 19.8 Å². The van der Waals surface area contributed by atoms with Crippen LogP contribution in [0.2, 0.25) is 0 Å². The molecular weight excluding hydrogens is 254 g/mol. The quantitative estimate of drug-likeness (QED) is 0.306. The van der Waals surface area contributed by atoms with Gasteiger partial charge in [0.15, 0.2) is 0 Å². The lowest BCUT2D eigenvalue weighted by Crippen LogP contribution is -2.48. The fraction of sp³-hybridized carbons (Fsp3) is 0.727. The van der Waals surface area contributed by atoms with Gasteiger partial charge in [-0.3, -0.25) is 19.7 Å². The van der Waals surface area contributed by atoms with E-state index in [0.29, 0.717) is 0 Å². The number of aliphatic carboxylic acids is 1. The summed E-state index contributed by atoms with van der Waals surface area (Å²) in [5, 5.41) is 15.7. The van der Waals surface area contributed by atoms with Gasteiger partial charge in [0.1, 0.15) is 12.6 Å². The second-order valence-corrected chi connectivity index (χ2v) is 4.19. The minimum atomic E-state index is -1.14. The summed E-state index contributed by atoms with van der Waals surface area (Å²) in [4.78, 5) is 33.0. The third-order valence-electron chi connectivity index (χ3n) is 1.99. The van der Waals surface area contributed by atoms with Crippen molar-refractivity contribution in [1.29, 1.82) is 0 Å². The molecule has 0 aliphatic rings. The Balaban J connectivity index is 3.79. The van der Waals surface area contributed by atoms with E-state index in [1.165, 1.54) is 6.92 Å². The molecule has 0 aromatic heterocycles. The number of hydrogen-bond donors (Lipinski definition) is 4. The first kappa shape index (κ1) is 17.3. The van der Waals surface area contributed by atoms with Gasteiger partial charge < -0.3 is 20.5 Å². The fourth-order valence-corrected chi connectivity index (χ4v) is 1.06. The third kappa shape index (κ3) is 9.98. The van der Waals surface area contributed by atoms with E-state index in [0.717, 1.165) is 0 Å². The van der Waals surface area contributed by atoms with Gasteiger partial charge in [0.05, 0.1) is 19.4 Å². The monoisotopic (exact) mass is 275 g/mol. The molecule has 1 atom stereocenters. The Bertz CT molecular complexity index is 319. The molecule has 8 nitrogen and oxygen atoms in total. The minimum Gasteiger partial charge on any atom is -0.480 e. The molecule has 0 aliphatic carbocycles. The van der Waals surface area contributed by atoms with E-state index >= 15 is 0 Å². The Hall–Kier alpha value is -1.67. The Morgan fingerprint density at radius 2 is 1.79 bits per heavy atom. The molecule has 0 aliphatic heterocycles. The summed E-state index contributed by atoms with van der Waals surface area (Å²) in [6.07, 6.45) is 0.0660. The van der Waals surface area contributed by atoms with E-state index in [1.54, 1.807) is 0 Å². The van der Waals surface area contributed by atoms with Gasteiger partial charge in [-0.15, -0.1) is 0 Å². The van der Waals surface area contributed by atoms with Crippen molar-refractivity contribution in [3.63, 3.8) is 0 Å². The molecule has 1 unspecified atom stereocenters. The number of carbonyl (C=O) groups excluding carboxylic acids is 2. The van der Waals surface area contributed by atoms with Crippen molar-refractivity contribution < 1.29 is 24.2 Å². The van der Waals surface area contributed by atoms with Crippen LogP contribution in [0, 0.1) is 0 Å². The van der Waals surface area contributed by atoms with Gasteiger partial charge in [-0.1, -0.05) is 0 Å². The Morgan fingerprint density at radius 3 is 2.32 bits per heavy atom. The lowest BCUT2D eigenvalue weighted by Gasteiger charge is -2.14. The molecule has 2 amide bonds. The standard InChI is InChI=1S/C11H21N3O5/c1-7(2)19-6-12-4-9(15)14-8(3)11(18)13-5-10(16)17/h7-8,12H,4-6H2,1-3H3,(H,13,18)(H,14,15)(H,16,17). The molecule has 0 fully saturated rings. The lowest BCUT2D eigenvalue weighted by molar-refractivity contribution is -0.138. The first-order valence-electron chi connectivity index (χ1n) is 5.94. The summed E-state index contributed by atoms with van der Waals surface area (Å²) in [7, 11) is 0. The van der Waals surface area contributed by atoms with Gasteiger partial charge in [-0.25, -0.2) is 0 Å². The van der Waals surface area contributed by atoms with E-state index in [9.17, 15) is 14.4 Å². The van der Waals surface area contributed by atoms with Crippen LogP contribution in [-0.4, -0.2) is 54.9 Å². The number of carboxylic acids is 1. The molecule has 0 bridgehead atoms. The van der Waals surface area contributed by atoms with E-state index < -0.39 is 24.5 Å². The van der Waals surface area contributed by atoms with E-state index in [2.05, 4.69) is 16.0 Å². The molecule has 0 heterocycles. The summed E-state index contributed by atoms with van der Waals surface area (Å²) in [6.45, 7) is 5.00. The second kappa shape index (κ2) is 9.29. The maximum absolute atomic E-state index is 11.4. The normalized spacial score (nSPS) is 12.0. The van der Waals surface area contributed by atoms with E-state index in [4.69, 9.17) is 9.84 Å². The van der Waals surface area contributed by atoms with Crippen LogP contribution in [0.4, 0.5) is 0 Å². The molecule has 0 aromatic carbocycles. The number of rotatable bonds is 9. The zero-order valence-electron chi connectivity index (χ0n) is 11.4. The molecular formula is C11H21N3O5. The van der Waals surface area contributed by atoms with Crippen LogP contribution in [-0.2, 0) is 19.1 Å². The SMILES string of the molecule is CC(C)OCNCC(=O)NC(C)C(=O)NCC(=O)O. The highest BCUT2D eigenvalue weighted by Gasteiger charge is 2.15. The zero-order chi connectivity index (χ0) is 14.8. The zero-order valence-corrected chi connectivity index (χ0v) is 11.4. The highest BCUT2D eigenvalue weighted by molar-refractivity contribution is 5.89. The average Bonchev–Trinajstić information content (AvgIpc) is 2.31. The summed E-state index contributed by atoms with van der Waals surface area (Å²) >= 11 is 0. The molecule has 110 valence electrons. The molecule has 19 heavy (non-hydrogen) atoms. The summed E-state index contributed by atoms with van der Waals surface area (Å²) in [5.74, 6) is -2.06. The van der Waals surface area contributed by atoms with Gasteiger partial charge in [0, 0.05) is 0 Å². The van der Waals surface area contributed by atoms with Gasteiger partial charge >= 0.3 is 5.97 Å². The summed E-state index contributed by atoms with van der Waals surface area (Å²) in [5.41, 5.74) is 0. The van der Waals surface area contributed by atoms with Gasteiger partial charge in [-0.05, 0) is 20.8 Å². The van der Waals surface area contributed by atoms with Crippen LogP contribution < -0.4 is 16.0 Å². The lowest BCUT2D eigenvalue weighted by atomic mass is 10.3. The van der Waals surface area contributed by atoms with Crippen molar-refractivity contribution >= 4 is 17.8 Å². The third-order valence-corrected chi connectivity index (χ3v) is 1.99. The summed E-state index contributed by atoms with van der Waals surface area (Å²) in [6, 6.07) is -0.792. The van der Waals surface area contributed by atoms with E-state index in [1.807, 2.05) is 13.8 Å². The molecule has 0 saturated heterocycles. The number of nitrogens with one attached hydrogen (secondary N) is 3. The van der Waals surface area contributed by atoms with Gasteiger partial charge in [0.2, 0.25) is 11.8 Å². The van der Waals surface area contributed by atoms with E-state index in [-0.39, 0.29) is 25.3 Å². The number of carbonyl (C=O) groups is 3. The number of ether oxygens (including phenoxy) is 1. The molecule has 0 aromatic rings. The van der Waals surface area contributed by atoms with Crippen molar-refractivity contribution in [3.05, 3.63) is 0 Å². The number of carboxylic acid groups (broad SMARTS) is 1. The Kier molecular flexibility index (Phi) is 8.47. The molecule has 8 heteroatoms. The van der Waals surface area contributed by atoms with Crippen LogP contribution in [0.15, 0.2) is 0 Å². The van der Waals surface area contributed by atoms with Crippen molar-refractivity contribution in [2.24, 2.45) is 0 Å². The average molecular weight is 275 g/mol. The predicted octanol–water partition coefficient (Wildman–Crippen LogP) is -1.34. The van der Waals surface area contributed by atoms with Crippen LogP contribution in [0.1, 0.15) is 20.8 Å². The smallest absolute Gasteiger partial charge is 0.322 e. The highest BCUT2D eigenvalue weighted by atomic mass is 16.5. The molecule has 0 spiro atoms. The van der Waals surface area contributed by atoms with Crippen molar-refractivity contribution in [3.8, 4) is 0 Å². The maximum atomic E-state index is 11.4. The molecule has 0 saturated carbocycles.